The molecule has 0 radical (unpaired) electrons. The Hall–Kier alpha value is -1.65. The number of rotatable bonds is 6. The highest BCUT2D eigenvalue weighted by molar-refractivity contribution is 5.79. The number of fused-ring (bicyclic) bond motifs is 1. The molecule has 1 N–H and O–H groups in total. The van der Waals surface area contributed by atoms with Crippen LogP contribution in [0, 0.1) is 0 Å². The molecule has 0 atom stereocenters. The van der Waals surface area contributed by atoms with Gasteiger partial charge in [-0.05, 0) is 18.2 Å². The number of nitrogens with zero attached hydrogens (tertiary/aromatic N) is 1. The number of aliphatic hydroxyl groups excluding tert-OH is 1. The molecule has 1 heterocycles. The van der Waals surface area contributed by atoms with Gasteiger partial charge in [0.15, 0.2) is 0 Å². The summed E-state index contributed by atoms with van der Waals surface area (Å²) in [5.41, 5.74) is 0.918. The molecule has 0 saturated carbocycles. The van der Waals surface area contributed by atoms with Crippen LogP contribution in [0.15, 0.2) is 36.5 Å². The standard InChI is InChI=1S/C13H15NO3/c15-6-7-16-8-9-17-12-4-3-11-2-1-5-14-13(11)10-12/h1-5,10,15H,6-9H2. The lowest BCUT2D eigenvalue weighted by atomic mass is 10.2. The zero-order valence-electron chi connectivity index (χ0n) is 9.50. The second-order valence-electron chi connectivity index (χ2n) is 3.54. The third-order valence-electron chi connectivity index (χ3n) is 2.31. The molecule has 4 nitrogen and oxygen atoms in total. The molecule has 0 amide bonds. The summed E-state index contributed by atoms with van der Waals surface area (Å²) in [5, 5.41) is 9.62. The van der Waals surface area contributed by atoms with E-state index in [9.17, 15) is 0 Å². The average Bonchev–Trinajstić information content (AvgIpc) is 2.38. The van der Waals surface area contributed by atoms with Gasteiger partial charge in [0.1, 0.15) is 12.4 Å². The van der Waals surface area contributed by atoms with Crippen molar-refractivity contribution in [1.82, 2.24) is 4.98 Å². The highest BCUT2D eigenvalue weighted by Crippen LogP contribution is 2.18. The quantitative estimate of drug-likeness (QED) is 0.770. The van der Waals surface area contributed by atoms with Crippen LogP contribution in [0.1, 0.15) is 0 Å². The maximum absolute atomic E-state index is 8.53. The highest BCUT2D eigenvalue weighted by Gasteiger charge is 1.97. The lowest BCUT2D eigenvalue weighted by molar-refractivity contribution is 0.0705. The summed E-state index contributed by atoms with van der Waals surface area (Å²) in [6.45, 7) is 1.34. The van der Waals surface area contributed by atoms with E-state index in [0.717, 1.165) is 16.7 Å². The van der Waals surface area contributed by atoms with Crippen LogP contribution in [0.2, 0.25) is 0 Å². The van der Waals surface area contributed by atoms with Gasteiger partial charge < -0.3 is 14.6 Å². The topological polar surface area (TPSA) is 51.6 Å². The fraction of sp³-hybridized carbons (Fsp3) is 0.308. The SMILES string of the molecule is OCCOCCOc1ccc2cccnc2c1. The average molecular weight is 233 g/mol. The third-order valence-corrected chi connectivity index (χ3v) is 2.31. The Bertz CT molecular complexity index is 473. The number of aliphatic hydroxyl groups is 1. The van der Waals surface area contributed by atoms with Crippen LogP contribution in [-0.4, -0.2) is 36.5 Å². The van der Waals surface area contributed by atoms with E-state index in [2.05, 4.69) is 4.98 Å². The Kier molecular flexibility index (Phi) is 4.30. The first-order chi connectivity index (χ1) is 8.40. The molecule has 0 unspecified atom stereocenters. The van der Waals surface area contributed by atoms with E-state index in [1.54, 1.807) is 6.20 Å². The molecule has 1 aromatic carbocycles. The van der Waals surface area contributed by atoms with E-state index in [1.165, 1.54) is 0 Å². The Morgan fingerprint density at radius 1 is 1.12 bits per heavy atom. The second kappa shape index (κ2) is 6.18. The number of benzene rings is 1. The molecule has 0 aliphatic carbocycles. The second-order valence-corrected chi connectivity index (χ2v) is 3.54. The Morgan fingerprint density at radius 2 is 2.06 bits per heavy atom. The van der Waals surface area contributed by atoms with Crippen molar-refractivity contribution in [3.63, 3.8) is 0 Å². The first-order valence-corrected chi connectivity index (χ1v) is 5.56. The molecule has 17 heavy (non-hydrogen) atoms. The summed E-state index contributed by atoms with van der Waals surface area (Å²) in [6, 6.07) is 9.71. The highest BCUT2D eigenvalue weighted by atomic mass is 16.5. The van der Waals surface area contributed by atoms with E-state index in [0.29, 0.717) is 19.8 Å². The van der Waals surface area contributed by atoms with E-state index >= 15 is 0 Å². The predicted octanol–water partition coefficient (Wildman–Crippen LogP) is 1.62. The molecule has 0 aliphatic rings. The van der Waals surface area contributed by atoms with Gasteiger partial charge in [0, 0.05) is 17.6 Å². The maximum atomic E-state index is 8.53. The summed E-state index contributed by atoms with van der Waals surface area (Å²) < 4.78 is 10.6. The number of ether oxygens (including phenoxy) is 2. The summed E-state index contributed by atoms with van der Waals surface area (Å²) in [4.78, 5) is 4.26. The Labute approximate surface area is 99.8 Å². The minimum absolute atomic E-state index is 0.0416. The smallest absolute Gasteiger partial charge is 0.121 e. The molecule has 1 aromatic heterocycles. The summed E-state index contributed by atoms with van der Waals surface area (Å²) >= 11 is 0. The van der Waals surface area contributed by atoms with Gasteiger partial charge in [-0.3, -0.25) is 4.98 Å². The lowest BCUT2D eigenvalue weighted by Crippen LogP contribution is -2.09. The molecule has 2 aromatic rings. The van der Waals surface area contributed by atoms with E-state index in [-0.39, 0.29) is 6.61 Å². The number of hydrogen-bond acceptors (Lipinski definition) is 4. The first kappa shape index (κ1) is 11.8. The summed E-state index contributed by atoms with van der Waals surface area (Å²) in [5.74, 6) is 0.781. The maximum Gasteiger partial charge on any atom is 0.121 e. The minimum atomic E-state index is 0.0416. The van der Waals surface area contributed by atoms with Crippen LogP contribution >= 0.6 is 0 Å². The van der Waals surface area contributed by atoms with Gasteiger partial charge in [-0.2, -0.15) is 0 Å². The van der Waals surface area contributed by atoms with Crippen LogP contribution in [0.3, 0.4) is 0 Å². The van der Waals surface area contributed by atoms with Crippen LogP contribution < -0.4 is 4.74 Å². The number of aromatic nitrogens is 1. The number of pyridine rings is 1. The first-order valence-electron chi connectivity index (χ1n) is 5.56. The molecule has 0 fully saturated rings. The van der Waals surface area contributed by atoms with Crippen LogP contribution in [-0.2, 0) is 4.74 Å². The minimum Gasteiger partial charge on any atom is -0.491 e. The van der Waals surface area contributed by atoms with Gasteiger partial charge in [-0.15, -0.1) is 0 Å². The van der Waals surface area contributed by atoms with Crippen molar-refractivity contribution in [2.24, 2.45) is 0 Å². The largest absolute Gasteiger partial charge is 0.491 e. The van der Waals surface area contributed by atoms with E-state index in [1.807, 2.05) is 30.3 Å². The van der Waals surface area contributed by atoms with Gasteiger partial charge in [-0.25, -0.2) is 0 Å². The normalized spacial score (nSPS) is 10.6. The molecule has 0 saturated heterocycles. The Balaban J connectivity index is 1.90. The van der Waals surface area contributed by atoms with Gasteiger partial charge in [-0.1, -0.05) is 6.07 Å². The predicted molar refractivity (Wildman–Crippen MR) is 65.1 cm³/mol. The molecule has 90 valence electrons. The summed E-state index contributed by atoms with van der Waals surface area (Å²) in [7, 11) is 0. The van der Waals surface area contributed by atoms with Crippen LogP contribution in [0.25, 0.3) is 10.9 Å². The van der Waals surface area contributed by atoms with Crippen molar-refractivity contribution < 1.29 is 14.6 Å². The van der Waals surface area contributed by atoms with Gasteiger partial charge in [0.25, 0.3) is 0 Å². The van der Waals surface area contributed by atoms with Gasteiger partial charge in [0.05, 0.1) is 25.3 Å². The van der Waals surface area contributed by atoms with Crippen LogP contribution in [0.5, 0.6) is 5.75 Å². The molecule has 0 aliphatic heterocycles. The monoisotopic (exact) mass is 233 g/mol. The zero-order chi connectivity index (χ0) is 11.9. The molecule has 4 heteroatoms. The van der Waals surface area contributed by atoms with Crippen molar-refractivity contribution in [2.45, 2.75) is 0 Å². The molecule has 0 spiro atoms. The van der Waals surface area contributed by atoms with Crippen LogP contribution in [0.4, 0.5) is 0 Å². The van der Waals surface area contributed by atoms with Crippen molar-refractivity contribution in [3.8, 4) is 5.75 Å². The third kappa shape index (κ3) is 3.41. The van der Waals surface area contributed by atoms with Crippen molar-refractivity contribution in [3.05, 3.63) is 36.5 Å². The molecular weight excluding hydrogens is 218 g/mol. The fourth-order valence-corrected chi connectivity index (χ4v) is 1.52. The van der Waals surface area contributed by atoms with Crippen molar-refractivity contribution in [1.29, 1.82) is 0 Å². The molecular formula is C13H15NO3. The number of hydrogen-bond donors (Lipinski definition) is 1. The molecule has 0 bridgehead atoms. The van der Waals surface area contributed by atoms with E-state index < -0.39 is 0 Å². The zero-order valence-corrected chi connectivity index (χ0v) is 9.50. The van der Waals surface area contributed by atoms with E-state index in [4.69, 9.17) is 14.6 Å². The summed E-state index contributed by atoms with van der Waals surface area (Å²) in [6.07, 6.45) is 1.76. The lowest BCUT2D eigenvalue weighted by Gasteiger charge is -2.07. The van der Waals surface area contributed by atoms with Crippen molar-refractivity contribution >= 4 is 10.9 Å². The van der Waals surface area contributed by atoms with Crippen molar-refractivity contribution in [2.75, 3.05) is 26.4 Å². The molecule has 2 rings (SSSR count). The van der Waals surface area contributed by atoms with Gasteiger partial charge in [0.2, 0.25) is 0 Å². The Morgan fingerprint density at radius 3 is 2.94 bits per heavy atom. The van der Waals surface area contributed by atoms with Gasteiger partial charge >= 0.3 is 0 Å². The fourth-order valence-electron chi connectivity index (χ4n) is 1.52.